The number of amides is 1. The van der Waals surface area contributed by atoms with Crippen LogP contribution in [0.3, 0.4) is 0 Å². The van der Waals surface area contributed by atoms with Gasteiger partial charge in [0.15, 0.2) is 5.13 Å². The Morgan fingerprint density at radius 3 is 3.00 bits per heavy atom. The molecule has 0 aliphatic rings. The molecule has 0 atom stereocenters. The molecule has 2 aromatic heterocycles. The van der Waals surface area contributed by atoms with Gasteiger partial charge >= 0.3 is 0 Å². The first-order chi connectivity index (χ1) is 8.70. The molecule has 0 aliphatic heterocycles. The predicted octanol–water partition coefficient (Wildman–Crippen LogP) is 1.80. The van der Waals surface area contributed by atoms with Crippen molar-refractivity contribution in [2.45, 2.75) is 6.42 Å². The van der Waals surface area contributed by atoms with Crippen LogP contribution in [0.25, 0.3) is 0 Å². The molecule has 96 valence electrons. The molecule has 2 aromatic rings. The Labute approximate surface area is 113 Å². The van der Waals surface area contributed by atoms with Gasteiger partial charge < -0.3 is 16.4 Å². The number of hydrogen-bond acceptors (Lipinski definition) is 6. The summed E-state index contributed by atoms with van der Waals surface area (Å²) in [5.74, 6) is 0.112. The Hall–Kier alpha value is -1.60. The van der Waals surface area contributed by atoms with Gasteiger partial charge in [0.05, 0.1) is 0 Å². The molecule has 5 nitrogen and oxygen atoms in total. The van der Waals surface area contributed by atoms with Crippen molar-refractivity contribution in [3.63, 3.8) is 0 Å². The maximum Gasteiger partial charge on any atom is 0.265 e. The SMILES string of the molecule is CNc1nc(N)c(C(=O)NCCc2cccs2)s1. The molecule has 0 radical (unpaired) electrons. The summed E-state index contributed by atoms with van der Waals surface area (Å²) in [6, 6.07) is 4.05. The van der Waals surface area contributed by atoms with Crippen molar-refractivity contribution in [2.75, 3.05) is 24.6 Å². The standard InChI is InChI=1S/C11H14N4OS2/c1-13-11-15-9(12)8(18-11)10(16)14-5-4-7-3-2-6-17-7/h2-3,6H,4-5,12H2,1H3,(H,13,15)(H,14,16). The Kier molecular flexibility index (Phi) is 4.16. The summed E-state index contributed by atoms with van der Waals surface area (Å²) in [6.45, 7) is 0.603. The van der Waals surface area contributed by atoms with Crippen molar-refractivity contribution >= 4 is 39.5 Å². The predicted molar refractivity (Wildman–Crippen MR) is 76.4 cm³/mol. The highest BCUT2D eigenvalue weighted by Gasteiger charge is 2.15. The third kappa shape index (κ3) is 2.99. The molecule has 0 bridgehead atoms. The van der Waals surface area contributed by atoms with E-state index >= 15 is 0 Å². The van der Waals surface area contributed by atoms with E-state index in [9.17, 15) is 4.79 Å². The smallest absolute Gasteiger partial charge is 0.265 e. The van der Waals surface area contributed by atoms with E-state index in [-0.39, 0.29) is 11.7 Å². The van der Waals surface area contributed by atoms with E-state index < -0.39 is 0 Å². The first-order valence-electron chi connectivity index (χ1n) is 5.45. The topological polar surface area (TPSA) is 80.0 Å². The van der Waals surface area contributed by atoms with Gasteiger partial charge in [0.1, 0.15) is 10.7 Å². The van der Waals surface area contributed by atoms with Crippen LogP contribution in [0.4, 0.5) is 10.9 Å². The minimum absolute atomic E-state index is 0.164. The molecule has 7 heteroatoms. The van der Waals surface area contributed by atoms with E-state index in [1.54, 1.807) is 18.4 Å². The summed E-state index contributed by atoms with van der Waals surface area (Å²) in [5.41, 5.74) is 5.68. The highest BCUT2D eigenvalue weighted by atomic mass is 32.1. The summed E-state index contributed by atoms with van der Waals surface area (Å²) >= 11 is 2.94. The zero-order valence-electron chi connectivity index (χ0n) is 9.90. The minimum Gasteiger partial charge on any atom is -0.382 e. The fraction of sp³-hybridized carbons (Fsp3) is 0.273. The summed E-state index contributed by atoms with van der Waals surface area (Å²) < 4.78 is 0. The van der Waals surface area contributed by atoms with E-state index in [4.69, 9.17) is 5.73 Å². The van der Waals surface area contributed by atoms with Crippen LogP contribution in [0.5, 0.6) is 0 Å². The van der Waals surface area contributed by atoms with E-state index in [2.05, 4.69) is 21.7 Å². The second kappa shape index (κ2) is 5.83. The lowest BCUT2D eigenvalue weighted by Crippen LogP contribution is -2.25. The number of nitrogens with two attached hydrogens (primary N) is 1. The maximum atomic E-state index is 11.9. The molecule has 0 spiro atoms. The normalized spacial score (nSPS) is 10.3. The number of thiazole rings is 1. The lowest BCUT2D eigenvalue weighted by molar-refractivity contribution is 0.0959. The zero-order valence-corrected chi connectivity index (χ0v) is 11.5. The molecule has 4 N–H and O–H groups in total. The molecule has 0 saturated heterocycles. The molecule has 18 heavy (non-hydrogen) atoms. The van der Waals surface area contributed by atoms with Crippen LogP contribution in [0.1, 0.15) is 14.5 Å². The Bertz CT molecular complexity index is 521. The van der Waals surface area contributed by atoms with E-state index in [1.165, 1.54) is 16.2 Å². The largest absolute Gasteiger partial charge is 0.382 e. The van der Waals surface area contributed by atoms with Crippen molar-refractivity contribution in [2.24, 2.45) is 0 Å². The van der Waals surface area contributed by atoms with E-state index in [0.29, 0.717) is 16.6 Å². The van der Waals surface area contributed by atoms with Crippen LogP contribution in [0, 0.1) is 0 Å². The van der Waals surface area contributed by atoms with Crippen LogP contribution in [0.2, 0.25) is 0 Å². The number of nitrogen functional groups attached to an aromatic ring is 1. The van der Waals surface area contributed by atoms with Crippen LogP contribution in [-0.2, 0) is 6.42 Å². The third-order valence-corrected chi connectivity index (χ3v) is 4.33. The Morgan fingerprint density at radius 1 is 1.56 bits per heavy atom. The number of anilines is 2. The zero-order chi connectivity index (χ0) is 13.0. The number of nitrogens with one attached hydrogen (secondary N) is 2. The molecule has 0 unspecified atom stereocenters. The third-order valence-electron chi connectivity index (χ3n) is 2.31. The average molecular weight is 282 g/mol. The Morgan fingerprint density at radius 2 is 2.39 bits per heavy atom. The van der Waals surface area contributed by atoms with E-state index in [1.807, 2.05) is 11.4 Å². The number of thiophene rings is 1. The summed E-state index contributed by atoms with van der Waals surface area (Å²) in [5, 5.41) is 8.39. The number of carbonyl (C=O) groups is 1. The lowest BCUT2D eigenvalue weighted by atomic mass is 10.3. The molecular weight excluding hydrogens is 268 g/mol. The van der Waals surface area contributed by atoms with Gasteiger partial charge in [0, 0.05) is 18.5 Å². The quantitative estimate of drug-likeness (QED) is 0.781. The summed E-state index contributed by atoms with van der Waals surface area (Å²) in [6.07, 6.45) is 0.834. The van der Waals surface area contributed by atoms with Crippen LogP contribution >= 0.6 is 22.7 Å². The molecular formula is C11H14N4OS2. The number of carbonyl (C=O) groups excluding carboxylic acids is 1. The van der Waals surface area contributed by atoms with Gasteiger partial charge in [0.2, 0.25) is 0 Å². The maximum absolute atomic E-state index is 11.9. The minimum atomic E-state index is -0.164. The van der Waals surface area contributed by atoms with Crippen molar-refractivity contribution in [1.29, 1.82) is 0 Å². The first kappa shape index (κ1) is 12.8. The second-order valence-electron chi connectivity index (χ2n) is 3.57. The number of nitrogens with zero attached hydrogens (tertiary/aromatic N) is 1. The fourth-order valence-electron chi connectivity index (χ4n) is 1.44. The number of aromatic nitrogens is 1. The fourth-order valence-corrected chi connectivity index (χ4v) is 2.90. The summed E-state index contributed by atoms with van der Waals surface area (Å²) in [7, 11) is 1.75. The lowest BCUT2D eigenvalue weighted by Gasteiger charge is -2.02. The van der Waals surface area contributed by atoms with Crippen molar-refractivity contribution in [3.05, 3.63) is 27.3 Å². The molecule has 2 rings (SSSR count). The van der Waals surface area contributed by atoms with Gasteiger partial charge in [-0.3, -0.25) is 4.79 Å². The highest BCUT2D eigenvalue weighted by molar-refractivity contribution is 7.18. The Balaban J connectivity index is 1.89. The monoisotopic (exact) mass is 282 g/mol. The van der Waals surface area contributed by atoms with Gasteiger partial charge in [-0.25, -0.2) is 4.98 Å². The van der Waals surface area contributed by atoms with Gasteiger partial charge in [-0.15, -0.1) is 11.3 Å². The highest BCUT2D eigenvalue weighted by Crippen LogP contribution is 2.24. The van der Waals surface area contributed by atoms with Crippen molar-refractivity contribution < 1.29 is 4.79 Å². The molecule has 0 fully saturated rings. The first-order valence-corrected chi connectivity index (χ1v) is 7.15. The van der Waals surface area contributed by atoms with Gasteiger partial charge in [-0.2, -0.15) is 0 Å². The average Bonchev–Trinajstić information content (AvgIpc) is 2.98. The van der Waals surface area contributed by atoms with Gasteiger partial charge in [-0.1, -0.05) is 17.4 Å². The molecule has 0 aromatic carbocycles. The van der Waals surface area contributed by atoms with Crippen molar-refractivity contribution in [1.82, 2.24) is 10.3 Å². The van der Waals surface area contributed by atoms with E-state index in [0.717, 1.165) is 6.42 Å². The van der Waals surface area contributed by atoms with Gasteiger partial charge in [0.25, 0.3) is 5.91 Å². The van der Waals surface area contributed by atoms with Crippen LogP contribution in [0.15, 0.2) is 17.5 Å². The second-order valence-corrected chi connectivity index (χ2v) is 5.60. The number of rotatable bonds is 5. The molecule has 0 aliphatic carbocycles. The van der Waals surface area contributed by atoms with Gasteiger partial charge in [-0.05, 0) is 17.9 Å². The van der Waals surface area contributed by atoms with Crippen molar-refractivity contribution in [3.8, 4) is 0 Å². The molecule has 0 saturated carbocycles. The molecule has 1 amide bonds. The number of hydrogen-bond donors (Lipinski definition) is 3. The summed E-state index contributed by atoms with van der Waals surface area (Å²) in [4.78, 5) is 17.6. The molecule has 2 heterocycles. The van der Waals surface area contributed by atoms with Crippen LogP contribution in [-0.4, -0.2) is 24.5 Å². The van der Waals surface area contributed by atoms with Crippen LogP contribution < -0.4 is 16.4 Å².